The smallest absolute Gasteiger partial charge is 0.123 e. The van der Waals surface area contributed by atoms with Crippen LogP contribution in [0.15, 0.2) is 24.3 Å². The van der Waals surface area contributed by atoms with Crippen LogP contribution in [0, 0.1) is 5.92 Å². The van der Waals surface area contributed by atoms with Crippen LogP contribution in [0.3, 0.4) is 0 Å². The number of hydrogen-bond acceptors (Lipinski definition) is 3. The molecule has 0 aromatic heterocycles. The second kappa shape index (κ2) is 7.65. The number of rotatable bonds is 6. The molecule has 3 nitrogen and oxygen atoms in total. The molecule has 112 valence electrons. The largest absolute Gasteiger partial charge is 0.496 e. The lowest BCUT2D eigenvalue weighted by atomic mass is 9.87. The predicted octanol–water partition coefficient (Wildman–Crippen LogP) is 3.29. The van der Waals surface area contributed by atoms with Gasteiger partial charge in [0, 0.05) is 11.6 Å². The molecule has 1 aromatic carbocycles. The highest BCUT2D eigenvalue weighted by Crippen LogP contribution is 2.28. The van der Waals surface area contributed by atoms with Crippen molar-refractivity contribution in [1.29, 1.82) is 0 Å². The lowest BCUT2D eigenvalue weighted by molar-refractivity contribution is 0.0995. The summed E-state index contributed by atoms with van der Waals surface area (Å²) in [5.41, 5.74) is 1.23. The summed E-state index contributed by atoms with van der Waals surface area (Å²) in [5.74, 6) is 1.55. The number of aliphatic hydroxyl groups excluding tert-OH is 1. The summed E-state index contributed by atoms with van der Waals surface area (Å²) in [7, 11) is 1.73. The summed E-state index contributed by atoms with van der Waals surface area (Å²) in [5, 5.41) is 13.4. The van der Waals surface area contributed by atoms with Crippen LogP contribution in [0.4, 0.5) is 0 Å². The highest BCUT2D eigenvalue weighted by atomic mass is 16.5. The van der Waals surface area contributed by atoms with Crippen LogP contribution >= 0.6 is 0 Å². The summed E-state index contributed by atoms with van der Waals surface area (Å²) in [6.07, 6.45) is 5.23. The normalized spacial score (nSPS) is 24.4. The Kier molecular flexibility index (Phi) is 5.86. The monoisotopic (exact) mass is 277 g/mol. The Balaban J connectivity index is 1.95. The van der Waals surface area contributed by atoms with Crippen molar-refractivity contribution in [3.05, 3.63) is 29.8 Å². The minimum absolute atomic E-state index is 0.0955. The molecule has 1 fully saturated rings. The van der Waals surface area contributed by atoms with Crippen LogP contribution in [0.5, 0.6) is 5.75 Å². The minimum atomic E-state index is -0.0955. The van der Waals surface area contributed by atoms with E-state index in [-0.39, 0.29) is 6.10 Å². The second-order valence-corrected chi connectivity index (χ2v) is 5.80. The van der Waals surface area contributed by atoms with Gasteiger partial charge in [0.15, 0.2) is 0 Å². The van der Waals surface area contributed by atoms with Gasteiger partial charge >= 0.3 is 0 Å². The van der Waals surface area contributed by atoms with E-state index in [0.717, 1.165) is 38.0 Å². The van der Waals surface area contributed by atoms with Gasteiger partial charge in [-0.3, -0.25) is 0 Å². The van der Waals surface area contributed by atoms with Crippen molar-refractivity contribution in [3.8, 4) is 5.75 Å². The van der Waals surface area contributed by atoms with E-state index in [0.29, 0.717) is 12.0 Å². The zero-order chi connectivity index (χ0) is 14.4. The molecule has 0 saturated heterocycles. The molecule has 1 aromatic rings. The Hall–Kier alpha value is -1.06. The Morgan fingerprint density at radius 3 is 2.85 bits per heavy atom. The maximum Gasteiger partial charge on any atom is 0.123 e. The average molecular weight is 277 g/mol. The van der Waals surface area contributed by atoms with Crippen molar-refractivity contribution in [3.63, 3.8) is 0 Å². The summed E-state index contributed by atoms with van der Waals surface area (Å²) < 4.78 is 5.46. The number of benzene rings is 1. The van der Waals surface area contributed by atoms with Gasteiger partial charge in [0.2, 0.25) is 0 Å². The summed E-state index contributed by atoms with van der Waals surface area (Å²) in [4.78, 5) is 0. The maximum absolute atomic E-state index is 9.75. The van der Waals surface area contributed by atoms with Crippen LogP contribution in [0.25, 0.3) is 0 Å². The fourth-order valence-electron chi connectivity index (χ4n) is 3.19. The molecule has 3 atom stereocenters. The van der Waals surface area contributed by atoms with Crippen LogP contribution in [0.1, 0.15) is 50.6 Å². The zero-order valence-corrected chi connectivity index (χ0v) is 12.6. The van der Waals surface area contributed by atoms with Crippen molar-refractivity contribution in [2.45, 2.75) is 51.2 Å². The van der Waals surface area contributed by atoms with Crippen molar-refractivity contribution in [1.82, 2.24) is 5.32 Å². The number of hydrogen-bond donors (Lipinski definition) is 2. The van der Waals surface area contributed by atoms with Gasteiger partial charge in [0.25, 0.3) is 0 Å². The molecule has 2 N–H and O–H groups in total. The van der Waals surface area contributed by atoms with Gasteiger partial charge in [0.1, 0.15) is 5.75 Å². The molecule has 0 radical (unpaired) electrons. The molecule has 0 bridgehead atoms. The fraction of sp³-hybridized carbons (Fsp3) is 0.647. The summed E-state index contributed by atoms with van der Waals surface area (Å²) >= 11 is 0. The Labute approximate surface area is 122 Å². The molecule has 20 heavy (non-hydrogen) atoms. The molecular weight excluding hydrogens is 250 g/mol. The van der Waals surface area contributed by atoms with Crippen LogP contribution in [-0.2, 0) is 0 Å². The highest BCUT2D eigenvalue weighted by molar-refractivity contribution is 5.35. The Morgan fingerprint density at radius 2 is 2.15 bits per heavy atom. The van der Waals surface area contributed by atoms with Crippen LogP contribution < -0.4 is 10.1 Å². The molecular formula is C17H27NO2. The first kappa shape index (κ1) is 15.3. The van der Waals surface area contributed by atoms with E-state index in [1.54, 1.807) is 7.11 Å². The van der Waals surface area contributed by atoms with E-state index in [1.807, 2.05) is 12.1 Å². The third-order valence-corrected chi connectivity index (χ3v) is 4.33. The molecule has 0 amide bonds. The van der Waals surface area contributed by atoms with Crippen molar-refractivity contribution in [2.24, 2.45) is 5.92 Å². The standard InChI is InChI=1S/C17H27NO2/c1-3-16(15-9-4-5-10-17(15)20-2)18-12-13-7-6-8-14(19)11-13/h4-5,9-10,13-14,16,18-19H,3,6-8,11-12H2,1-2H3. The van der Waals surface area contributed by atoms with E-state index in [4.69, 9.17) is 4.74 Å². The van der Waals surface area contributed by atoms with Gasteiger partial charge in [-0.25, -0.2) is 0 Å². The predicted molar refractivity (Wildman–Crippen MR) is 82.0 cm³/mol. The van der Waals surface area contributed by atoms with Crippen molar-refractivity contribution >= 4 is 0 Å². The zero-order valence-electron chi connectivity index (χ0n) is 12.6. The third-order valence-electron chi connectivity index (χ3n) is 4.33. The second-order valence-electron chi connectivity index (χ2n) is 5.80. The number of para-hydroxylation sites is 1. The molecule has 1 aliphatic rings. The number of ether oxygens (including phenoxy) is 1. The molecule has 3 heteroatoms. The summed E-state index contributed by atoms with van der Waals surface area (Å²) in [6, 6.07) is 8.55. The quantitative estimate of drug-likeness (QED) is 0.838. The summed E-state index contributed by atoms with van der Waals surface area (Å²) in [6.45, 7) is 3.17. The molecule has 2 rings (SSSR count). The number of methoxy groups -OCH3 is 1. The fourth-order valence-corrected chi connectivity index (χ4v) is 3.19. The molecule has 0 aliphatic heterocycles. The van der Waals surface area contributed by atoms with E-state index in [2.05, 4.69) is 24.4 Å². The van der Waals surface area contributed by atoms with Gasteiger partial charge < -0.3 is 15.2 Å². The Morgan fingerprint density at radius 1 is 1.35 bits per heavy atom. The molecule has 1 aliphatic carbocycles. The molecule has 3 unspecified atom stereocenters. The Bertz CT molecular complexity index is 408. The van der Waals surface area contributed by atoms with E-state index >= 15 is 0 Å². The van der Waals surface area contributed by atoms with Crippen LogP contribution in [0.2, 0.25) is 0 Å². The third kappa shape index (κ3) is 3.97. The lowest BCUT2D eigenvalue weighted by Crippen LogP contribution is -2.31. The topological polar surface area (TPSA) is 41.5 Å². The number of nitrogens with one attached hydrogen (secondary N) is 1. The van der Waals surface area contributed by atoms with Crippen molar-refractivity contribution < 1.29 is 9.84 Å². The molecule has 0 spiro atoms. The first-order valence-electron chi connectivity index (χ1n) is 7.79. The van der Waals surface area contributed by atoms with Gasteiger partial charge in [-0.1, -0.05) is 31.5 Å². The van der Waals surface area contributed by atoms with Gasteiger partial charge in [-0.2, -0.15) is 0 Å². The van der Waals surface area contributed by atoms with E-state index in [1.165, 1.54) is 12.0 Å². The number of aliphatic hydroxyl groups is 1. The van der Waals surface area contributed by atoms with Gasteiger partial charge in [0.05, 0.1) is 13.2 Å². The van der Waals surface area contributed by atoms with Crippen LogP contribution in [-0.4, -0.2) is 24.9 Å². The van der Waals surface area contributed by atoms with Gasteiger partial charge in [-0.05, 0) is 44.2 Å². The van der Waals surface area contributed by atoms with Crippen molar-refractivity contribution in [2.75, 3.05) is 13.7 Å². The SMILES string of the molecule is CCC(NCC1CCCC(O)C1)c1ccccc1OC. The first-order chi connectivity index (χ1) is 9.74. The molecule has 1 saturated carbocycles. The first-order valence-corrected chi connectivity index (χ1v) is 7.79. The molecule has 0 heterocycles. The van der Waals surface area contributed by atoms with E-state index < -0.39 is 0 Å². The minimum Gasteiger partial charge on any atom is -0.496 e. The average Bonchev–Trinajstić information content (AvgIpc) is 2.48. The van der Waals surface area contributed by atoms with Gasteiger partial charge in [-0.15, -0.1) is 0 Å². The lowest BCUT2D eigenvalue weighted by Gasteiger charge is -2.28. The highest BCUT2D eigenvalue weighted by Gasteiger charge is 2.21. The van der Waals surface area contributed by atoms with E-state index in [9.17, 15) is 5.11 Å². The maximum atomic E-state index is 9.75.